The van der Waals surface area contributed by atoms with Gasteiger partial charge in [0.25, 0.3) is 0 Å². The second-order valence-corrected chi connectivity index (χ2v) is 8.47. The molecule has 0 aromatic heterocycles. The van der Waals surface area contributed by atoms with E-state index in [9.17, 15) is 9.90 Å². The van der Waals surface area contributed by atoms with Gasteiger partial charge in [-0.25, -0.2) is 0 Å². The minimum Gasteiger partial charge on any atom is -0.386 e. The van der Waals surface area contributed by atoms with Gasteiger partial charge in [-0.15, -0.1) is 6.58 Å². The normalized spacial score (nSPS) is 41.4. The zero-order valence-corrected chi connectivity index (χ0v) is 14.9. The fraction of sp³-hybridized carbons (Fsp3) is 0.750. The molecule has 2 heteroatoms. The molecule has 2 rings (SSSR count). The van der Waals surface area contributed by atoms with Crippen molar-refractivity contribution in [3.8, 4) is 0 Å². The van der Waals surface area contributed by atoms with E-state index < -0.39 is 5.60 Å². The molecule has 0 amide bonds. The first-order chi connectivity index (χ1) is 10.0. The maximum Gasteiger partial charge on any atom is 0.155 e. The summed E-state index contributed by atoms with van der Waals surface area (Å²) in [6, 6.07) is 0. The summed E-state index contributed by atoms with van der Waals surface area (Å²) in [5.74, 6) is 1.22. The van der Waals surface area contributed by atoms with E-state index in [1.54, 1.807) is 6.08 Å². The van der Waals surface area contributed by atoms with Crippen LogP contribution in [0, 0.1) is 22.7 Å². The molecular weight excluding hydrogens is 272 g/mol. The van der Waals surface area contributed by atoms with Crippen LogP contribution in [0.15, 0.2) is 24.3 Å². The van der Waals surface area contributed by atoms with Crippen LogP contribution in [-0.2, 0) is 4.79 Å². The monoisotopic (exact) mass is 304 g/mol. The van der Waals surface area contributed by atoms with Crippen molar-refractivity contribution in [3.05, 3.63) is 24.3 Å². The van der Waals surface area contributed by atoms with Crippen LogP contribution in [0.5, 0.6) is 0 Å². The quantitative estimate of drug-likeness (QED) is 0.766. The smallest absolute Gasteiger partial charge is 0.155 e. The third kappa shape index (κ3) is 2.82. The van der Waals surface area contributed by atoms with Crippen LogP contribution in [-0.4, -0.2) is 16.5 Å². The van der Waals surface area contributed by atoms with Gasteiger partial charge in [0.1, 0.15) is 0 Å². The molecule has 1 saturated carbocycles. The predicted molar refractivity (Wildman–Crippen MR) is 91.5 cm³/mol. The van der Waals surface area contributed by atoms with Crippen LogP contribution in [0.3, 0.4) is 0 Å². The molecule has 1 unspecified atom stereocenters. The largest absolute Gasteiger partial charge is 0.386 e. The van der Waals surface area contributed by atoms with Crippen LogP contribution in [0.4, 0.5) is 0 Å². The minimum absolute atomic E-state index is 0.0885. The lowest BCUT2D eigenvalue weighted by Gasteiger charge is -2.58. The van der Waals surface area contributed by atoms with E-state index >= 15 is 0 Å². The standard InChI is InChI=1S/C20H32O2/c1-7-18(4,22)10-11-20(6)14(2)8-9-19(5)15(3)12-16(21)13-17(19)20/h7,12,14,17,22H,1,8-11,13H2,2-6H3/t14-,17+,18?,19+,20+/m0/s1. The summed E-state index contributed by atoms with van der Waals surface area (Å²) in [5.41, 5.74) is 0.655. The summed E-state index contributed by atoms with van der Waals surface area (Å²) in [5, 5.41) is 10.3. The van der Waals surface area contributed by atoms with Gasteiger partial charge in [0.15, 0.2) is 5.78 Å². The average molecular weight is 304 g/mol. The number of carbonyl (C=O) groups is 1. The molecule has 0 saturated heterocycles. The Bertz CT molecular complexity index is 502. The summed E-state index contributed by atoms with van der Waals surface area (Å²) in [6.45, 7) is 14.7. The van der Waals surface area contributed by atoms with E-state index in [0.29, 0.717) is 24.7 Å². The van der Waals surface area contributed by atoms with Gasteiger partial charge in [-0.1, -0.05) is 32.4 Å². The molecule has 0 radical (unpaired) electrons. The number of aliphatic hydroxyl groups is 1. The van der Waals surface area contributed by atoms with Crippen molar-refractivity contribution >= 4 is 5.78 Å². The van der Waals surface area contributed by atoms with E-state index in [1.165, 1.54) is 18.4 Å². The summed E-state index contributed by atoms with van der Waals surface area (Å²) in [4.78, 5) is 12.2. The van der Waals surface area contributed by atoms with Crippen LogP contribution >= 0.6 is 0 Å². The molecule has 2 aliphatic carbocycles. The van der Waals surface area contributed by atoms with Gasteiger partial charge in [-0.05, 0) is 68.3 Å². The van der Waals surface area contributed by atoms with Crippen LogP contribution < -0.4 is 0 Å². The van der Waals surface area contributed by atoms with Crippen molar-refractivity contribution in [2.45, 2.75) is 72.3 Å². The van der Waals surface area contributed by atoms with Gasteiger partial charge in [0, 0.05) is 6.42 Å². The van der Waals surface area contributed by atoms with Crippen molar-refractivity contribution in [1.29, 1.82) is 0 Å². The number of allylic oxidation sites excluding steroid dienone is 2. The summed E-state index contributed by atoms with van der Waals surface area (Å²) < 4.78 is 0. The van der Waals surface area contributed by atoms with Crippen LogP contribution in [0.25, 0.3) is 0 Å². The topological polar surface area (TPSA) is 37.3 Å². The number of hydrogen-bond donors (Lipinski definition) is 1. The van der Waals surface area contributed by atoms with Crippen LogP contribution in [0.2, 0.25) is 0 Å². The fourth-order valence-electron chi connectivity index (χ4n) is 4.73. The molecule has 2 nitrogen and oxygen atoms in total. The molecule has 0 aromatic carbocycles. The molecule has 5 atom stereocenters. The summed E-state index contributed by atoms with van der Waals surface area (Å²) >= 11 is 0. The van der Waals surface area contributed by atoms with E-state index in [-0.39, 0.29) is 16.6 Å². The minimum atomic E-state index is -0.819. The van der Waals surface area contributed by atoms with Crippen molar-refractivity contribution in [1.82, 2.24) is 0 Å². The molecular formula is C20H32O2. The molecule has 1 N–H and O–H groups in total. The summed E-state index contributed by atoms with van der Waals surface area (Å²) in [7, 11) is 0. The van der Waals surface area contributed by atoms with Crippen molar-refractivity contribution in [3.63, 3.8) is 0 Å². The van der Waals surface area contributed by atoms with Gasteiger partial charge in [-0.2, -0.15) is 0 Å². The first-order valence-electron chi connectivity index (χ1n) is 8.63. The molecule has 0 spiro atoms. The SMILES string of the molecule is C=CC(C)(O)CC[C@]1(C)[C@@H](C)CC[C@]2(C)C(C)=CC(=O)C[C@@H]12. The van der Waals surface area contributed by atoms with Gasteiger partial charge < -0.3 is 5.11 Å². The van der Waals surface area contributed by atoms with Gasteiger partial charge in [0.2, 0.25) is 0 Å². The van der Waals surface area contributed by atoms with Gasteiger partial charge >= 0.3 is 0 Å². The second kappa shape index (κ2) is 5.63. The maximum atomic E-state index is 12.2. The molecule has 22 heavy (non-hydrogen) atoms. The van der Waals surface area contributed by atoms with E-state index in [1.807, 2.05) is 13.0 Å². The third-order valence-electron chi connectivity index (χ3n) is 7.08. The molecule has 0 aromatic rings. The number of carbonyl (C=O) groups excluding carboxylic acids is 1. The second-order valence-electron chi connectivity index (χ2n) is 8.47. The molecule has 1 fully saturated rings. The Morgan fingerprint density at radius 3 is 2.73 bits per heavy atom. The first-order valence-corrected chi connectivity index (χ1v) is 8.63. The van der Waals surface area contributed by atoms with Gasteiger partial charge in [0.05, 0.1) is 5.60 Å². The average Bonchev–Trinajstić information content (AvgIpc) is 2.45. The number of ketones is 1. The molecule has 2 aliphatic rings. The molecule has 0 bridgehead atoms. The number of hydrogen-bond acceptors (Lipinski definition) is 2. The zero-order chi connectivity index (χ0) is 16.8. The van der Waals surface area contributed by atoms with Crippen LogP contribution in [0.1, 0.15) is 66.7 Å². The lowest BCUT2D eigenvalue weighted by molar-refractivity contribution is -0.124. The Hall–Kier alpha value is -0.890. The molecule has 124 valence electrons. The highest BCUT2D eigenvalue weighted by molar-refractivity contribution is 5.92. The third-order valence-corrected chi connectivity index (χ3v) is 7.08. The highest BCUT2D eigenvalue weighted by atomic mass is 16.3. The number of rotatable bonds is 4. The maximum absolute atomic E-state index is 12.2. The van der Waals surface area contributed by atoms with Crippen molar-refractivity contribution in [2.24, 2.45) is 22.7 Å². The Morgan fingerprint density at radius 1 is 1.50 bits per heavy atom. The summed E-state index contributed by atoms with van der Waals surface area (Å²) in [6.07, 6.45) is 8.17. The lowest BCUT2D eigenvalue weighted by Crippen LogP contribution is -2.51. The first kappa shape index (κ1) is 17.5. The molecule has 0 heterocycles. The van der Waals surface area contributed by atoms with Gasteiger partial charge in [-0.3, -0.25) is 4.79 Å². The van der Waals surface area contributed by atoms with E-state index in [2.05, 4.69) is 34.3 Å². The van der Waals surface area contributed by atoms with E-state index in [0.717, 1.165) is 6.42 Å². The molecule has 0 aliphatic heterocycles. The highest BCUT2D eigenvalue weighted by Gasteiger charge is 2.54. The highest BCUT2D eigenvalue weighted by Crippen LogP contribution is 2.61. The van der Waals surface area contributed by atoms with E-state index in [4.69, 9.17) is 0 Å². The Morgan fingerprint density at radius 2 is 2.14 bits per heavy atom. The predicted octanol–water partition coefficient (Wildman–Crippen LogP) is 4.68. The van der Waals surface area contributed by atoms with Crippen molar-refractivity contribution in [2.75, 3.05) is 0 Å². The number of fused-ring (bicyclic) bond motifs is 1. The zero-order valence-electron chi connectivity index (χ0n) is 14.9. The fourth-order valence-corrected chi connectivity index (χ4v) is 4.73. The Balaban J connectivity index is 2.34. The Labute approximate surface area is 135 Å². The lowest BCUT2D eigenvalue weighted by atomic mass is 9.46. The van der Waals surface area contributed by atoms with Crippen molar-refractivity contribution < 1.29 is 9.90 Å². The Kier molecular flexibility index (Phi) is 4.47.